The van der Waals surface area contributed by atoms with Gasteiger partial charge in [-0.1, -0.05) is 0 Å². The summed E-state index contributed by atoms with van der Waals surface area (Å²) >= 11 is 0. The van der Waals surface area contributed by atoms with E-state index in [4.69, 9.17) is 5.73 Å². The van der Waals surface area contributed by atoms with Crippen LogP contribution in [0.1, 0.15) is 19.9 Å². The molecular formula is C9H14N4O3. The third kappa shape index (κ3) is 2.72. The molecular weight excluding hydrogens is 212 g/mol. The second-order valence-electron chi connectivity index (χ2n) is 3.62. The number of hydrogen-bond donors (Lipinski definition) is 2. The van der Waals surface area contributed by atoms with Crippen LogP contribution < -0.4 is 16.7 Å². The summed E-state index contributed by atoms with van der Waals surface area (Å²) in [6.45, 7) is 3.49. The van der Waals surface area contributed by atoms with E-state index in [9.17, 15) is 14.4 Å². The van der Waals surface area contributed by atoms with Gasteiger partial charge in [0, 0.05) is 18.4 Å². The Bertz CT molecular complexity index is 458. The molecule has 3 N–H and O–H groups in total. The normalized spacial score (nSPS) is 10.4. The lowest BCUT2D eigenvalue weighted by molar-refractivity contribution is -0.120. The second-order valence-corrected chi connectivity index (χ2v) is 3.62. The summed E-state index contributed by atoms with van der Waals surface area (Å²) in [7, 11) is 0. The van der Waals surface area contributed by atoms with E-state index >= 15 is 0 Å². The van der Waals surface area contributed by atoms with Crippen LogP contribution in [0.3, 0.4) is 0 Å². The van der Waals surface area contributed by atoms with Gasteiger partial charge in [-0.25, -0.2) is 9.59 Å². The zero-order valence-corrected chi connectivity index (χ0v) is 9.14. The van der Waals surface area contributed by atoms with Crippen molar-refractivity contribution >= 4 is 11.9 Å². The van der Waals surface area contributed by atoms with Crippen LogP contribution in [0, 0.1) is 0 Å². The number of hydrogen-bond acceptors (Lipinski definition) is 3. The van der Waals surface area contributed by atoms with Crippen molar-refractivity contribution in [3.8, 4) is 0 Å². The van der Waals surface area contributed by atoms with Gasteiger partial charge in [-0.15, -0.1) is 0 Å². The predicted molar refractivity (Wildman–Crippen MR) is 56.8 cm³/mol. The minimum absolute atomic E-state index is 0.0213. The van der Waals surface area contributed by atoms with E-state index in [1.54, 1.807) is 6.20 Å². The molecule has 0 saturated carbocycles. The predicted octanol–water partition coefficient (Wildman–Crippen LogP) is -0.574. The van der Waals surface area contributed by atoms with Gasteiger partial charge in [0.25, 0.3) is 0 Å². The number of rotatable bonds is 3. The highest BCUT2D eigenvalue weighted by Crippen LogP contribution is 1.98. The number of urea groups is 1. The number of imidazole rings is 1. The standard InChI is InChI=1S/C9H14N4O3/c1-6(2)13-4-3-12(9(13)16)5-7(14)11-8(10)15/h3-4,6H,5H2,1-2H3,(H3,10,11,14,15). The Kier molecular flexibility index (Phi) is 3.49. The van der Waals surface area contributed by atoms with E-state index in [1.165, 1.54) is 15.3 Å². The maximum absolute atomic E-state index is 11.7. The van der Waals surface area contributed by atoms with Gasteiger partial charge in [-0.3, -0.25) is 19.2 Å². The molecule has 1 aromatic heterocycles. The molecule has 0 aromatic carbocycles. The fourth-order valence-electron chi connectivity index (χ4n) is 1.27. The van der Waals surface area contributed by atoms with Crippen LogP contribution in [-0.4, -0.2) is 21.1 Å². The van der Waals surface area contributed by atoms with Gasteiger partial charge in [0.15, 0.2) is 0 Å². The van der Waals surface area contributed by atoms with Crippen molar-refractivity contribution in [2.45, 2.75) is 26.4 Å². The summed E-state index contributed by atoms with van der Waals surface area (Å²) in [6, 6.07) is -0.908. The first-order chi connectivity index (χ1) is 7.41. The average molecular weight is 226 g/mol. The van der Waals surface area contributed by atoms with Crippen LogP contribution in [-0.2, 0) is 11.3 Å². The summed E-state index contributed by atoms with van der Waals surface area (Å²) < 4.78 is 2.69. The Morgan fingerprint density at radius 3 is 2.50 bits per heavy atom. The number of imide groups is 1. The summed E-state index contributed by atoms with van der Waals surface area (Å²) in [6.07, 6.45) is 3.08. The minimum atomic E-state index is -0.929. The molecule has 0 bridgehead atoms. The van der Waals surface area contributed by atoms with Gasteiger partial charge in [0.05, 0.1) is 0 Å². The SMILES string of the molecule is CC(C)n1ccn(CC(=O)NC(N)=O)c1=O. The van der Waals surface area contributed by atoms with Crippen LogP contribution in [0.4, 0.5) is 4.79 Å². The molecule has 0 spiro atoms. The van der Waals surface area contributed by atoms with Crippen LogP contribution >= 0.6 is 0 Å². The Morgan fingerprint density at radius 1 is 1.44 bits per heavy atom. The molecule has 88 valence electrons. The number of primary amides is 1. The average Bonchev–Trinajstić information content (AvgIpc) is 2.46. The molecule has 0 aliphatic carbocycles. The molecule has 7 nitrogen and oxygen atoms in total. The van der Waals surface area contributed by atoms with E-state index in [0.717, 1.165) is 0 Å². The number of carbonyl (C=O) groups is 2. The lowest BCUT2D eigenvalue weighted by atomic mass is 10.4. The fraction of sp³-hybridized carbons (Fsp3) is 0.444. The van der Waals surface area contributed by atoms with E-state index in [-0.39, 0.29) is 18.3 Å². The number of nitrogens with zero attached hydrogens (tertiary/aromatic N) is 2. The third-order valence-corrected chi connectivity index (χ3v) is 2.01. The molecule has 0 aliphatic rings. The zero-order valence-electron chi connectivity index (χ0n) is 9.14. The highest BCUT2D eigenvalue weighted by molar-refractivity contribution is 5.93. The molecule has 0 fully saturated rings. The fourth-order valence-corrected chi connectivity index (χ4v) is 1.27. The summed E-state index contributed by atoms with van der Waals surface area (Å²) in [5, 5.41) is 1.89. The van der Waals surface area contributed by atoms with Crippen molar-refractivity contribution in [1.82, 2.24) is 14.5 Å². The molecule has 1 aromatic rings. The first-order valence-electron chi connectivity index (χ1n) is 4.78. The van der Waals surface area contributed by atoms with Crippen molar-refractivity contribution in [3.05, 3.63) is 22.9 Å². The lowest BCUT2D eigenvalue weighted by Crippen LogP contribution is -2.39. The van der Waals surface area contributed by atoms with Crippen molar-refractivity contribution in [2.24, 2.45) is 5.73 Å². The number of nitrogens with two attached hydrogens (primary N) is 1. The maximum atomic E-state index is 11.7. The molecule has 3 amide bonds. The number of carbonyl (C=O) groups excluding carboxylic acids is 2. The molecule has 0 radical (unpaired) electrons. The number of aromatic nitrogens is 2. The Morgan fingerprint density at radius 2 is 2.06 bits per heavy atom. The molecule has 1 heterocycles. The van der Waals surface area contributed by atoms with Gasteiger partial charge in [0.1, 0.15) is 6.54 Å². The first kappa shape index (κ1) is 12.0. The topological polar surface area (TPSA) is 99.1 Å². The van der Waals surface area contributed by atoms with Crippen molar-refractivity contribution in [1.29, 1.82) is 0 Å². The summed E-state index contributed by atoms with van der Waals surface area (Å²) in [5.74, 6) is -0.615. The number of amides is 3. The Balaban J connectivity index is 2.79. The van der Waals surface area contributed by atoms with Crippen LogP contribution in [0.2, 0.25) is 0 Å². The van der Waals surface area contributed by atoms with Gasteiger partial charge >= 0.3 is 11.7 Å². The molecule has 7 heteroatoms. The smallest absolute Gasteiger partial charge is 0.328 e. The quantitative estimate of drug-likeness (QED) is 0.721. The minimum Gasteiger partial charge on any atom is -0.351 e. The molecule has 0 atom stereocenters. The van der Waals surface area contributed by atoms with E-state index < -0.39 is 11.9 Å². The Labute approximate surface area is 91.8 Å². The van der Waals surface area contributed by atoms with Crippen molar-refractivity contribution in [2.75, 3.05) is 0 Å². The molecule has 0 saturated heterocycles. The monoisotopic (exact) mass is 226 g/mol. The highest BCUT2D eigenvalue weighted by atomic mass is 16.2. The van der Waals surface area contributed by atoms with E-state index in [2.05, 4.69) is 0 Å². The van der Waals surface area contributed by atoms with Gasteiger partial charge in [-0.05, 0) is 13.8 Å². The van der Waals surface area contributed by atoms with E-state index in [1.807, 2.05) is 19.2 Å². The van der Waals surface area contributed by atoms with E-state index in [0.29, 0.717) is 0 Å². The number of nitrogens with one attached hydrogen (secondary N) is 1. The molecule has 1 rings (SSSR count). The summed E-state index contributed by atoms with van der Waals surface area (Å²) in [4.78, 5) is 33.2. The van der Waals surface area contributed by atoms with Crippen LogP contribution in [0.25, 0.3) is 0 Å². The van der Waals surface area contributed by atoms with Crippen LogP contribution in [0.5, 0.6) is 0 Å². The highest BCUT2D eigenvalue weighted by Gasteiger charge is 2.10. The lowest BCUT2D eigenvalue weighted by Gasteiger charge is -2.04. The summed E-state index contributed by atoms with van der Waals surface area (Å²) in [5.41, 5.74) is 4.48. The van der Waals surface area contributed by atoms with Crippen molar-refractivity contribution in [3.63, 3.8) is 0 Å². The van der Waals surface area contributed by atoms with Crippen LogP contribution in [0.15, 0.2) is 17.2 Å². The maximum Gasteiger partial charge on any atom is 0.328 e. The third-order valence-electron chi connectivity index (χ3n) is 2.01. The largest absolute Gasteiger partial charge is 0.351 e. The van der Waals surface area contributed by atoms with Gasteiger partial charge in [-0.2, -0.15) is 0 Å². The molecule has 16 heavy (non-hydrogen) atoms. The first-order valence-corrected chi connectivity index (χ1v) is 4.78. The van der Waals surface area contributed by atoms with Gasteiger partial charge < -0.3 is 5.73 Å². The molecule has 0 unspecified atom stereocenters. The zero-order chi connectivity index (χ0) is 12.3. The van der Waals surface area contributed by atoms with Crippen molar-refractivity contribution < 1.29 is 9.59 Å². The van der Waals surface area contributed by atoms with Gasteiger partial charge in [0.2, 0.25) is 5.91 Å². The Hall–Kier alpha value is -2.05. The molecule has 0 aliphatic heterocycles. The second kappa shape index (κ2) is 4.65.